The van der Waals surface area contributed by atoms with Crippen LogP contribution in [-0.4, -0.2) is 31.4 Å². The maximum atomic E-state index is 5.25. The van der Waals surface area contributed by atoms with Crippen molar-refractivity contribution in [1.29, 1.82) is 0 Å². The maximum Gasteiger partial charge on any atom is 0.166 e. The van der Waals surface area contributed by atoms with Gasteiger partial charge in [0.1, 0.15) is 0 Å². The summed E-state index contributed by atoms with van der Waals surface area (Å²) in [6.07, 6.45) is 5.07. The number of ether oxygens (including phenoxy) is 1. The number of methoxy groups -OCH3 is 1. The van der Waals surface area contributed by atoms with Gasteiger partial charge in [0, 0.05) is 19.7 Å². The maximum absolute atomic E-state index is 5.25. The van der Waals surface area contributed by atoms with Crippen LogP contribution < -0.4 is 10.6 Å². The number of hydrogen-bond acceptors (Lipinski definition) is 2. The number of nitrogens with one attached hydrogen (secondary N) is 2. The average molecular weight is 260 g/mol. The molecule has 0 amide bonds. The highest BCUT2D eigenvalue weighted by molar-refractivity contribution is 7.80. The van der Waals surface area contributed by atoms with E-state index in [1.54, 1.807) is 7.11 Å². The first kappa shape index (κ1) is 16.6. The lowest BCUT2D eigenvalue weighted by Gasteiger charge is -2.19. The summed E-state index contributed by atoms with van der Waals surface area (Å²) in [6, 6.07) is 0.260. The first-order valence-electron chi connectivity index (χ1n) is 6.67. The second-order valence-corrected chi connectivity index (χ2v) is 5.04. The smallest absolute Gasteiger partial charge is 0.166 e. The number of hydrogen-bond donors (Lipinski definition) is 2. The van der Waals surface area contributed by atoms with Gasteiger partial charge in [0.25, 0.3) is 0 Å². The molecule has 2 unspecified atom stereocenters. The standard InChI is InChI=1S/C13H28N2OS/c1-5-7-8-12(6-2)9-14-13(17)15-11(3)10-16-4/h11-12H,5-10H2,1-4H3,(H2,14,15,17). The van der Waals surface area contributed by atoms with Crippen molar-refractivity contribution in [2.75, 3.05) is 20.3 Å². The fraction of sp³-hybridized carbons (Fsp3) is 0.923. The fourth-order valence-corrected chi connectivity index (χ4v) is 2.03. The molecular formula is C13H28N2OS. The highest BCUT2D eigenvalue weighted by Crippen LogP contribution is 2.10. The van der Waals surface area contributed by atoms with E-state index in [1.807, 2.05) is 0 Å². The summed E-state index contributed by atoms with van der Waals surface area (Å²) < 4.78 is 5.05. The Labute approximate surface area is 112 Å². The predicted molar refractivity (Wildman–Crippen MR) is 78.4 cm³/mol. The van der Waals surface area contributed by atoms with Crippen molar-refractivity contribution in [3.63, 3.8) is 0 Å². The van der Waals surface area contributed by atoms with Crippen molar-refractivity contribution in [2.45, 2.75) is 52.5 Å². The summed E-state index contributed by atoms with van der Waals surface area (Å²) in [5.74, 6) is 0.729. The van der Waals surface area contributed by atoms with Crippen LogP contribution in [0.15, 0.2) is 0 Å². The topological polar surface area (TPSA) is 33.3 Å². The second kappa shape index (κ2) is 10.8. The zero-order valence-corrected chi connectivity index (χ0v) is 12.5. The summed E-state index contributed by atoms with van der Waals surface area (Å²) in [4.78, 5) is 0. The van der Waals surface area contributed by atoms with Gasteiger partial charge in [0.15, 0.2) is 5.11 Å². The van der Waals surface area contributed by atoms with E-state index >= 15 is 0 Å². The van der Waals surface area contributed by atoms with E-state index in [1.165, 1.54) is 25.7 Å². The van der Waals surface area contributed by atoms with E-state index in [0.29, 0.717) is 6.61 Å². The normalized spacial score (nSPS) is 14.1. The Morgan fingerprint density at radius 2 is 2.06 bits per heavy atom. The molecule has 2 N–H and O–H groups in total. The lowest BCUT2D eigenvalue weighted by Crippen LogP contribution is -2.43. The lowest BCUT2D eigenvalue weighted by molar-refractivity contribution is 0.179. The SMILES string of the molecule is CCCCC(CC)CNC(=S)NC(C)COC. The Hall–Kier alpha value is -0.350. The molecule has 0 fully saturated rings. The molecule has 3 nitrogen and oxygen atoms in total. The summed E-state index contributed by atoms with van der Waals surface area (Å²) in [6.45, 7) is 8.19. The van der Waals surface area contributed by atoms with Crippen LogP contribution in [0.3, 0.4) is 0 Å². The van der Waals surface area contributed by atoms with Gasteiger partial charge in [-0.1, -0.05) is 33.1 Å². The molecule has 0 heterocycles. The van der Waals surface area contributed by atoms with Crippen molar-refractivity contribution in [3.8, 4) is 0 Å². The van der Waals surface area contributed by atoms with Gasteiger partial charge in [-0.3, -0.25) is 0 Å². The van der Waals surface area contributed by atoms with Crippen molar-refractivity contribution < 1.29 is 4.74 Å². The van der Waals surface area contributed by atoms with E-state index in [2.05, 4.69) is 31.4 Å². The highest BCUT2D eigenvalue weighted by Gasteiger charge is 2.07. The predicted octanol–water partition coefficient (Wildman–Crippen LogP) is 2.70. The molecule has 0 radical (unpaired) electrons. The molecule has 0 aliphatic rings. The Kier molecular flexibility index (Phi) is 10.6. The Bertz CT molecular complexity index is 200. The molecule has 0 bridgehead atoms. The van der Waals surface area contributed by atoms with Crippen molar-refractivity contribution >= 4 is 17.3 Å². The van der Waals surface area contributed by atoms with E-state index in [9.17, 15) is 0 Å². The molecule has 0 aromatic rings. The van der Waals surface area contributed by atoms with E-state index in [-0.39, 0.29) is 6.04 Å². The molecule has 2 atom stereocenters. The molecule has 0 spiro atoms. The number of thiocarbonyl (C=S) groups is 1. The molecule has 0 saturated carbocycles. The molecule has 0 aliphatic carbocycles. The lowest BCUT2D eigenvalue weighted by atomic mass is 9.99. The minimum atomic E-state index is 0.260. The quantitative estimate of drug-likeness (QED) is 0.625. The van der Waals surface area contributed by atoms with Crippen molar-refractivity contribution in [1.82, 2.24) is 10.6 Å². The monoisotopic (exact) mass is 260 g/mol. The van der Waals surface area contributed by atoms with E-state index in [0.717, 1.165) is 17.6 Å². The number of unbranched alkanes of at least 4 members (excludes halogenated alkanes) is 1. The molecule has 4 heteroatoms. The van der Waals surface area contributed by atoms with Crippen LogP contribution >= 0.6 is 12.2 Å². The van der Waals surface area contributed by atoms with Crippen LogP contribution in [-0.2, 0) is 4.74 Å². The van der Waals surface area contributed by atoms with Gasteiger partial charge in [0.2, 0.25) is 0 Å². The molecule has 0 aromatic heterocycles. The third kappa shape index (κ3) is 9.36. The second-order valence-electron chi connectivity index (χ2n) is 4.63. The molecule has 0 saturated heterocycles. The molecule has 102 valence electrons. The van der Waals surface area contributed by atoms with Crippen LogP contribution in [0.2, 0.25) is 0 Å². The Morgan fingerprint density at radius 3 is 2.59 bits per heavy atom. The van der Waals surface area contributed by atoms with Gasteiger partial charge in [-0.25, -0.2) is 0 Å². The van der Waals surface area contributed by atoms with Gasteiger partial charge in [-0.2, -0.15) is 0 Å². The zero-order valence-electron chi connectivity index (χ0n) is 11.7. The molecule has 17 heavy (non-hydrogen) atoms. The summed E-state index contributed by atoms with van der Waals surface area (Å²) in [5, 5.41) is 7.25. The van der Waals surface area contributed by atoms with Crippen molar-refractivity contribution in [3.05, 3.63) is 0 Å². The third-order valence-electron chi connectivity index (χ3n) is 2.89. The van der Waals surface area contributed by atoms with Gasteiger partial charge in [-0.05, 0) is 31.5 Å². The summed E-state index contributed by atoms with van der Waals surface area (Å²) in [7, 11) is 1.70. The Morgan fingerprint density at radius 1 is 1.35 bits per heavy atom. The van der Waals surface area contributed by atoms with Gasteiger partial charge < -0.3 is 15.4 Å². The first-order valence-corrected chi connectivity index (χ1v) is 7.08. The van der Waals surface area contributed by atoms with Gasteiger partial charge >= 0.3 is 0 Å². The van der Waals surface area contributed by atoms with Crippen molar-refractivity contribution in [2.24, 2.45) is 5.92 Å². The molecule has 0 aromatic carbocycles. The molecular weight excluding hydrogens is 232 g/mol. The van der Waals surface area contributed by atoms with Gasteiger partial charge in [-0.15, -0.1) is 0 Å². The molecule has 0 rings (SSSR count). The van der Waals surface area contributed by atoms with Crippen LogP contribution in [0.25, 0.3) is 0 Å². The minimum absolute atomic E-state index is 0.260. The molecule has 0 aliphatic heterocycles. The summed E-state index contributed by atoms with van der Waals surface area (Å²) >= 11 is 5.25. The third-order valence-corrected chi connectivity index (χ3v) is 3.15. The van der Waals surface area contributed by atoms with Crippen LogP contribution in [0, 0.1) is 5.92 Å². The fourth-order valence-electron chi connectivity index (χ4n) is 1.75. The zero-order chi connectivity index (χ0) is 13.1. The van der Waals surface area contributed by atoms with E-state index < -0.39 is 0 Å². The summed E-state index contributed by atoms with van der Waals surface area (Å²) in [5.41, 5.74) is 0. The average Bonchev–Trinajstić information content (AvgIpc) is 2.29. The van der Waals surface area contributed by atoms with E-state index in [4.69, 9.17) is 17.0 Å². The number of rotatable bonds is 9. The minimum Gasteiger partial charge on any atom is -0.383 e. The largest absolute Gasteiger partial charge is 0.383 e. The first-order chi connectivity index (χ1) is 8.13. The van der Waals surface area contributed by atoms with Gasteiger partial charge in [0.05, 0.1) is 6.61 Å². The highest BCUT2D eigenvalue weighted by atomic mass is 32.1. The van der Waals surface area contributed by atoms with Crippen LogP contribution in [0.5, 0.6) is 0 Å². The Balaban J connectivity index is 3.72. The van der Waals surface area contributed by atoms with Crippen LogP contribution in [0.4, 0.5) is 0 Å². The van der Waals surface area contributed by atoms with Crippen LogP contribution in [0.1, 0.15) is 46.5 Å².